The molecule has 18 aromatic carbocycles. The van der Waals surface area contributed by atoms with E-state index in [1.54, 1.807) is 0 Å². The molecule has 4 nitrogen and oxygen atoms in total. The number of benzene rings is 18. The molecule has 109 heavy (non-hydrogen) atoms. The lowest BCUT2D eigenvalue weighted by Crippen LogP contribution is -2.59. The van der Waals surface area contributed by atoms with Crippen LogP contribution in [0.2, 0.25) is 0 Å². The van der Waals surface area contributed by atoms with Gasteiger partial charge in [-0.3, -0.25) is 0 Å². The molecule has 0 saturated heterocycles. The summed E-state index contributed by atoms with van der Waals surface area (Å²) in [5.74, 6) is 0. The lowest BCUT2D eigenvalue weighted by molar-refractivity contribution is 0.590. The number of fused-ring (bicyclic) bond motifs is 30. The Hall–Kier alpha value is -13.2. The minimum atomic E-state index is -0.172. The van der Waals surface area contributed by atoms with Gasteiger partial charge in [0.05, 0.1) is 38.6 Å². The summed E-state index contributed by atoms with van der Waals surface area (Å²) in [6.07, 6.45) is 0. The third kappa shape index (κ3) is 8.18. The highest BCUT2D eigenvalue weighted by Gasteiger charge is 2.44. The van der Waals surface area contributed by atoms with Crippen LogP contribution in [-0.4, -0.2) is 25.0 Å². The molecule has 0 atom stereocenters. The maximum absolute atomic E-state index is 2.77. The van der Waals surface area contributed by atoms with E-state index in [9.17, 15) is 0 Å². The Morgan fingerprint density at radius 2 is 0.661 bits per heavy atom. The minimum Gasteiger partial charge on any atom is -0.310 e. The Morgan fingerprint density at radius 3 is 1.24 bits per heavy atom. The predicted octanol–water partition coefficient (Wildman–Crippen LogP) is 25.7. The molecule has 0 unspecified atom stereocenters. The highest BCUT2D eigenvalue weighted by Crippen LogP contribution is 2.53. The van der Waals surface area contributed by atoms with Gasteiger partial charge in [-0.25, -0.2) is 0 Å². The van der Waals surface area contributed by atoms with Gasteiger partial charge in [0.2, 0.25) is 0 Å². The van der Waals surface area contributed by atoms with E-state index in [0.29, 0.717) is 0 Å². The van der Waals surface area contributed by atoms with E-state index in [1.165, 1.54) is 196 Å². The van der Waals surface area contributed by atoms with Crippen molar-refractivity contribution in [2.45, 2.75) is 52.4 Å². The first kappa shape index (κ1) is 61.0. The van der Waals surface area contributed by atoms with E-state index in [4.69, 9.17) is 0 Å². The van der Waals surface area contributed by atoms with E-state index in [-0.39, 0.29) is 17.5 Å². The quantitative estimate of drug-likeness (QED) is 0.121. The van der Waals surface area contributed by atoms with Gasteiger partial charge in [-0.2, -0.15) is 0 Å². The topological polar surface area (TPSA) is 19.7 Å². The Balaban J connectivity index is 0.910. The standard InChI is InChI=1S/C104H71BN4/c1-103(2,3)62-48-51-90-83(56-62)85-57-63(104(4,5)6)58-86-101(85)108(90)92-54-61(55-93-98(92)105(86)87-59-84-73-36-16-14-32-69(73)71-34-18-20-40-77(71)95(84)97-96-91(109(93)102(87)97)52-50-78-72-35-15-13-31-68(72)70-33-17-19-39-76(70)94(78)96)66-49-47-60(67-41-25-42-79-74-37-21-23-45-88(74)106(99(67)79)64-27-9-7-10-28-64)53-82(66)81-44-26-43-80-75-38-22-24-46-89(75)107(100(80)81)65-29-11-8-12-30-65/h7-59H,1-6H3. The summed E-state index contributed by atoms with van der Waals surface area (Å²) in [6.45, 7) is 14.1. The maximum Gasteiger partial charge on any atom is 0.252 e. The van der Waals surface area contributed by atoms with Gasteiger partial charge in [-0.1, -0.05) is 284 Å². The van der Waals surface area contributed by atoms with Crippen molar-refractivity contribution in [1.82, 2.24) is 18.3 Å². The highest BCUT2D eigenvalue weighted by molar-refractivity contribution is 7.00. The highest BCUT2D eigenvalue weighted by atomic mass is 15.0. The second-order valence-electron chi connectivity index (χ2n) is 32.9. The van der Waals surface area contributed by atoms with Crippen molar-refractivity contribution in [3.8, 4) is 56.1 Å². The average molecular weight is 1390 g/mol. The molecule has 4 aromatic heterocycles. The Morgan fingerprint density at radius 1 is 0.220 bits per heavy atom. The van der Waals surface area contributed by atoms with Gasteiger partial charge < -0.3 is 18.3 Å². The van der Waals surface area contributed by atoms with Crippen molar-refractivity contribution in [2.75, 3.05) is 0 Å². The molecule has 2 aliphatic rings. The number of hydrogen-bond acceptors (Lipinski definition) is 0. The molecule has 0 amide bonds. The molecule has 22 aromatic rings. The van der Waals surface area contributed by atoms with Crippen molar-refractivity contribution in [3.05, 3.63) is 333 Å². The minimum absolute atomic E-state index is 0.0890. The van der Waals surface area contributed by atoms with Crippen molar-refractivity contribution in [2.24, 2.45) is 0 Å². The average Bonchev–Trinajstić information content (AvgIpc) is 1.52. The monoisotopic (exact) mass is 1390 g/mol. The van der Waals surface area contributed by atoms with E-state index in [1.807, 2.05) is 0 Å². The maximum atomic E-state index is 2.77. The largest absolute Gasteiger partial charge is 0.310 e. The first-order valence-corrected chi connectivity index (χ1v) is 38.6. The van der Waals surface area contributed by atoms with E-state index in [2.05, 4.69) is 381 Å². The molecule has 5 heteroatoms. The summed E-state index contributed by atoms with van der Waals surface area (Å²) in [7, 11) is 0. The number of rotatable bonds is 5. The third-order valence-electron chi connectivity index (χ3n) is 25.1. The van der Waals surface area contributed by atoms with Crippen LogP contribution >= 0.6 is 0 Å². The second kappa shape index (κ2) is 21.7. The molecular weight excluding hydrogens is 1320 g/mol. The molecule has 6 heterocycles. The Kier molecular flexibility index (Phi) is 12.2. The van der Waals surface area contributed by atoms with Gasteiger partial charge in [0, 0.05) is 93.3 Å². The zero-order chi connectivity index (χ0) is 72.2. The predicted molar refractivity (Wildman–Crippen MR) is 467 cm³/mol. The first-order valence-electron chi connectivity index (χ1n) is 38.6. The third-order valence-corrected chi connectivity index (χ3v) is 25.1. The van der Waals surface area contributed by atoms with Crippen LogP contribution in [0, 0.1) is 0 Å². The van der Waals surface area contributed by atoms with Crippen LogP contribution in [-0.2, 0) is 10.8 Å². The Labute approximate surface area is 630 Å². The van der Waals surface area contributed by atoms with Gasteiger partial charge in [0.25, 0.3) is 6.71 Å². The van der Waals surface area contributed by atoms with E-state index in [0.717, 1.165) is 39.2 Å². The molecule has 2 aliphatic heterocycles. The summed E-state index contributed by atoms with van der Waals surface area (Å²) in [5, 5.41) is 25.4. The lowest BCUT2D eigenvalue weighted by atomic mass is 9.34. The Bertz CT molecular complexity index is 7820. The van der Waals surface area contributed by atoms with Gasteiger partial charge in [-0.15, -0.1) is 0 Å². The summed E-state index contributed by atoms with van der Waals surface area (Å²) in [6, 6.07) is 124. The molecule has 0 saturated carbocycles. The summed E-state index contributed by atoms with van der Waals surface area (Å²) in [4.78, 5) is 0. The number of aromatic nitrogens is 4. The van der Waals surface area contributed by atoms with Crippen LogP contribution in [0.4, 0.5) is 0 Å². The molecule has 24 rings (SSSR count). The lowest BCUT2D eigenvalue weighted by Gasteiger charge is -2.35. The molecule has 0 radical (unpaired) electrons. The van der Waals surface area contributed by atoms with Gasteiger partial charge in [0.1, 0.15) is 0 Å². The zero-order valence-corrected chi connectivity index (χ0v) is 61.5. The fourth-order valence-corrected chi connectivity index (χ4v) is 20.4. The van der Waals surface area contributed by atoms with E-state index < -0.39 is 0 Å². The molecular formula is C104H71BN4. The first-order chi connectivity index (χ1) is 53.4. The summed E-state index contributed by atoms with van der Waals surface area (Å²) < 4.78 is 10.5. The normalized spacial score (nSPS) is 13.0. The van der Waals surface area contributed by atoms with Crippen LogP contribution in [0.15, 0.2) is 322 Å². The molecule has 510 valence electrons. The van der Waals surface area contributed by atoms with Crippen molar-refractivity contribution >= 4 is 175 Å². The molecule has 0 bridgehead atoms. The molecule has 0 N–H and O–H groups in total. The number of hydrogen-bond donors (Lipinski definition) is 0. The fraction of sp³-hybridized carbons (Fsp3) is 0.0769. The second-order valence-corrected chi connectivity index (χ2v) is 32.9. The summed E-state index contributed by atoms with van der Waals surface area (Å²) in [5.41, 5.74) is 27.7. The molecule has 0 aliphatic carbocycles. The smallest absolute Gasteiger partial charge is 0.252 e. The SMILES string of the molecule is CC(C)(C)c1ccc2c(c1)c1cc(C(C)(C)C)cc3c1n2-c1cc(-c2ccc(-c4cccc5c6ccccc6n(-c6ccccc6)c45)cc2-c2cccc4c5ccccc5n(-c5ccccc5)c24)cc2c1B3c1cc3c4ccccc4c4ccccc4c3c3c4c5c6ccccc6c6ccccc6c5ccc4n-2c13. The van der Waals surface area contributed by atoms with Crippen LogP contribution in [0.5, 0.6) is 0 Å². The number of nitrogens with zero attached hydrogens (tertiary/aromatic N) is 4. The summed E-state index contributed by atoms with van der Waals surface area (Å²) >= 11 is 0. The van der Waals surface area contributed by atoms with Gasteiger partial charge in [0.15, 0.2) is 0 Å². The van der Waals surface area contributed by atoms with E-state index >= 15 is 0 Å². The van der Waals surface area contributed by atoms with Gasteiger partial charge >= 0.3 is 0 Å². The zero-order valence-electron chi connectivity index (χ0n) is 61.5. The van der Waals surface area contributed by atoms with Crippen molar-refractivity contribution in [1.29, 1.82) is 0 Å². The van der Waals surface area contributed by atoms with Crippen LogP contribution in [0.25, 0.3) is 208 Å². The van der Waals surface area contributed by atoms with Crippen LogP contribution in [0.1, 0.15) is 52.7 Å². The van der Waals surface area contributed by atoms with Crippen LogP contribution in [0.3, 0.4) is 0 Å². The van der Waals surface area contributed by atoms with Gasteiger partial charge in [-0.05, 0) is 193 Å². The molecule has 0 spiro atoms. The molecule has 0 fully saturated rings. The number of para-hydroxylation sites is 6. The fourth-order valence-electron chi connectivity index (χ4n) is 20.4. The van der Waals surface area contributed by atoms with Crippen LogP contribution < -0.4 is 16.4 Å². The van der Waals surface area contributed by atoms with Crippen molar-refractivity contribution in [3.63, 3.8) is 0 Å². The van der Waals surface area contributed by atoms with Crippen molar-refractivity contribution < 1.29 is 0 Å².